The molecule has 0 aromatic rings. The molecule has 1 N–H and O–H groups in total. The summed E-state index contributed by atoms with van der Waals surface area (Å²) >= 11 is 0. The summed E-state index contributed by atoms with van der Waals surface area (Å²) in [6.45, 7) is 5.63. The van der Waals surface area contributed by atoms with Crippen molar-refractivity contribution in [1.82, 2.24) is 5.32 Å². The van der Waals surface area contributed by atoms with Crippen molar-refractivity contribution in [1.29, 1.82) is 0 Å². The number of carbonyl (C=O) groups excluding carboxylic acids is 1. The standard InChI is InChI=1S/C9H15NO/c1-3-9(11)10-8-5-4-7(2)6-8/h3,7-8H,1,4-6H2,2H3,(H,10,11)/t7?,8-/m0/s1. The number of nitrogens with one attached hydrogen (secondary N) is 1. The zero-order valence-electron chi connectivity index (χ0n) is 6.97. The second-order valence-electron chi connectivity index (χ2n) is 3.33. The summed E-state index contributed by atoms with van der Waals surface area (Å²) in [7, 11) is 0. The largest absolute Gasteiger partial charge is 0.350 e. The highest BCUT2D eigenvalue weighted by Crippen LogP contribution is 2.24. The molecule has 2 nitrogen and oxygen atoms in total. The van der Waals surface area contributed by atoms with Crippen molar-refractivity contribution in [2.24, 2.45) is 5.92 Å². The Morgan fingerprint density at radius 3 is 2.82 bits per heavy atom. The minimum atomic E-state index is -0.0379. The Hall–Kier alpha value is -0.790. The summed E-state index contributed by atoms with van der Waals surface area (Å²) in [5, 5.41) is 2.90. The summed E-state index contributed by atoms with van der Waals surface area (Å²) < 4.78 is 0. The van der Waals surface area contributed by atoms with Crippen LogP contribution in [0.2, 0.25) is 0 Å². The van der Waals surface area contributed by atoms with Gasteiger partial charge in [-0.3, -0.25) is 4.79 Å². The molecule has 0 radical (unpaired) electrons. The minimum Gasteiger partial charge on any atom is -0.350 e. The van der Waals surface area contributed by atoms with E-state index in [-0.39, 0.29) is 5.91 Å². The molecule has 1 fully saturated rings. The van der Waals surface area contributed by atoms with E-state index >= 15 is 0 Å². The van der Waals surface area contributed by atoms with Gasteiger partial charge in [-0.25, -0.2) is 0 Å². The van der Waals surface area contributed by atoms with Gasteiger partial charge in [0.05, 0.1) is 0 Å². The quantitative estimate of drug-likeness (QED) is 0.598. The highest BCUT2D eigenvalue weighted by molar-refractivity contribution is 5.87. The molecule has 1 aliphatic carbocycles. The maximum absolute atomic E-state index is 10.8. The normalized spacial score (nSPS) is 29.9. The number of hydrogen-bond acceptors (Lipinski definition) is 1. The lowest BCUT2D eigenvalue weighted by Gasteiger charge is -2.09. The van der Waals surface area contributed by atoms with Gasteiger partial charge in [0, 0.05) is 6.04 Å². The topological polar surface area (TPSA) is 29.1 Å². The van der Waals surface area contributed by atoms with Crippen molar-refractivity contribution in [3.63, 3.8) is 0 Å². The molecule has 1 unspecified atom stereocenters. The van der Waals surface area contributed by atoms with Crippen LogP contribution in [0.4, 0.5) is 0 Å². The highest BCUT2D eigenvalue weighted by Gasteiger charge is 2.21. The zero-order valence-corrected chi connectivity index (χ0v) is 6.97. The van der Waals surface area contributed by atoms with Crippen LogP contribution < -0.4 is 5.32 Å². The van der Waals surface area contributed by atoms with E-state index in [0.29, 0.717) is 6.04 Å². The van der Waals surface area contributed by atoms with E-state index in [1.165, 1.54) is 12.5 Å². The van der Waals surface area contributed by atoms with Gasteiger partial charge < -0.3 is 5.32 Å². The molecule has 1 amide bonds. The van der Waals surface area contributed by atoms with Gasteiger partial charge in [-0.15, -0.1) is 0 Å². The molecule has 11 heavy (non-hydrogen) atoms. The van der Waals surface area contributed by atoms with E-state index in [9.17, 15) is 4.79 Å². The minimum absolute atomic E-state index is 0.0379. The van der Waals surface area contributed by atoms with Crippen molar-refractivity contribution in [3.8, 4) is 0 Å². The Balaban J connectivity index is 2.28. The number of carbonyl (C=O) groups is 1. The van der Waals surface area contributed by atoms with Gasteiger partial charge in [-0.05, 0) is 31.3 Å². The zero-order chi connectivity index (χ0) is 8.27. The molecule has 0 aliphatic heterocycles. The van der Waals surface area contributed by atoms with Gasteiger partial charge in [0.1, 0.15) is 0 Å². The number of amides is 1. The van der Waals surface area contributed by atoms with E-state index < -0.39 is 0 Å². The molecule has 0 aromatic carbocycles. The first kappa shape index (κ1) is 8.31. The van der Waals surface area contributed by atoms with Gasteiger partial charge in [-0.1, -0.05) is 13.5 Å². The Bertz CT molecular complexity index is 165. The average Bonchev–Trinajstić information content (AvgIpc) is 2.35. The first-order valence-electron chi connectivity index (χ1n) is 4.15. The fourth-order valence-electron chi connectivity index (χ4n) is 1.60. The van der Waals surface area contributed by atoms with Crippen LogP contribution in [0, 0.1) is 5.92 Å². The van der Waals surface area contributed by atoms with E-state index in [0.717, 1.165) is 18.8 Å². The molecule has 0 heterocycles. The first-order valence-corrected chi connectivity index (χ1v) is 4.15. The Kier molecular flexibility index (Phi) is 2.69. The predicted molar refractivity (Wildman–Crippen MR) is 45.1 cm³/mol. The SMILES string of the molecule is C=CC(=O)N[C@H]1CCC(C)C1. The molecular weight excluding hydrogens is 138 g/mol. The molecule has 1 aliphatic rings. The molecule has 0 spiro atoms. The number of hydrogen-bond donors (Lipinski definition) is 1. The molecular formula is C9H15NO. The van der Waals surface area contributed by atoms with Crippen LogP contribution in [0.5, 0.6) is 0 Å². The van der Waals surface area contributed by atoms with E-state index in [1.54, 1.807) is 0 Å². The Morgan fingerprint density at radius 2 is 2.36 bits per heavy atom. The third-order valence-corrected chi connectivity index (χ3v) is 2.23. The molecule has 62 valence electrons. The average molecular weight is 153 g/mol. The van der Waals surface area contributed by atoms with Crippen LogP contribution in [0.15, 0.2) is 12.7 Å². The van der Waals surface area contributed by atoms with Crippen molar-refractivity contribution >= 4 is 5.91 Å². The maximum atomic E-state index is 10.8. The van der Waals surface area contributed by atoms with Gasteiger partial charge >= 0.3 is 0 Å². The van der Waals surface area contributed by atoms with Crippen molar-refractivity contribution in [2.45, 2.75) is 32.2 Å². The molecule has 1 saturated carbocycles. The van der Waals surface area contributed by atoms with Gasteiger partial charge in [0.2, 0.25) is 5.91 Å². The summed E-state index contributed by atoms with van der Waals surface area (Å²) in [6, 6.07) is 0.399. The van der Waals surface area contributed by atoms with Gasteiger partial charge in [0.15, 0.2) is 0 Å². The molecule has 0 bridgehead atoms. The van der Waals surface area contributed by atoms with Gasteiger partial charge in [-0.2, -0.15) is 0 Å². The van der Waals surface area contributed by atoms with Crippen LogP contribution in [0.1, 0.15) is 26.2 Å². The van der Waals surface area contributed by atoms with Crippen molar-refractivity contribution < 1.29 is 4.79 Å². The Morgan fingerprint density at radius 1 is 1.64 bits per heavy atom. The summed E-state index contributed by atoms with van der Waals surface area (Å²) in [5.74, 6) is 0.731. The van der Waals surface area contributed by atoms with E-state index in [4.69, 9.17) is 0 Å². The highest BCUT2D eigenvalue weighted by atomic mass is 16.1. The van der Waals surface area contributed by atoms with Crippen LogP contribution in [0.25, 0.3) is 0 Å². The molecule has 2 heteroatoms. The predicted octanol–water partition coefficient (Wildman–Crippen LogP) is 1.48. The van der Waals surface area contributed by atoms with Crippen molar-refractivity contribution in [3.05, 3.63) is 12.7 Å². The lowest BCUT2D eigenvalue weighted by molar-refractivity contribution is -0.117. The summed E-state index contributed by atoms with van der Waals surface area (Å²) in [6.07, 6.45) is 4.82. The smallest absolute Gasteiger partial charge is 0.243 e. The second kappa shape index (κ2) is 3.56. The molecule has 1 rings (SSSR count). The summed E-state index contributed by atoms with van der Waals surface area (Å²) in [5.41, 5.74) is 0. The fraction of sp³-hybridized carbons (Fsp3) is 0.667. The molecule has 2 atom stereocenters. The van der Waals surface area contributed by atoms with E-state index in [2.05, 4.69) is 18.8 Å². The molecule has 0 aromatic heterocycles. The molecule has 0 saturated heterocycles. The van der Waals surface area contributed by atoms with Crippen LogP contribution in [-0.4, -0.2) is 11.9 Å². The second-order valence-corrected chi connectivity index (χ2v) is 3.33. The van der Waals surface area contributed by atoms with E-state index in [1.807, 2.05) is 0 Å². The van der Waals surface area contributed by atoms with Crippen molar-refractivity contribution in [2.75, 3.05) is 0 Å². The van der Waals surface area contributed by atoms with Crippen LogP contribution >= 0.6 is 0 Å². The third kappa shape index (κ3) is 2.37. The van der Waals surface area contributed by atoms with Crippen LogP contribution in [0.3, 0.4) is 0 Å². The monoisotopic (exact) mass is 153 g/mol. The fourth-order valence-corrected chi connectivity index (χ4v) is 1.60. The lowest BCUT2D eigenvalue weighted by atomic mass is 10.1. The summed E-state index contributed by atoms with van der Waals surface area (Å²) in [4.78, 5) is 10.8. The Labute approximate surface area is 67.7 Å². The lowest BCUT2D eigenvalue weighted by Crippen LogP contribution is -2.31. The third-order valence-electron chi connectivity index (χ3n) is 2.23. The van der Waals surface area contributed by atoms with Gasteiger partial charge in [0.25, 0.3) is 0 Å². The number of rotatable bonds is 2. The first-order chi connectivity index (χ1) is 5.22. The van der Waals surface area contributed by atoms with Crippen LogP contribution in [-0.2, 0) is 4.79 Å². The maximum Gasteiger partial charge on any atom is 0.243 e.